The van der Waals surface area contributed by atoms with E-state index in [-0.39, 0.29) is 17.0 Å². The number of aromatic nitrogens is 1. The van der Waals surface area contributed by atoms with Crippen LogP contribution < -0.4 is 9.64 Å². The number of nitrogens with zero attached hydrogens (tertiary/aromatic N) is 4. The fourth-order valence-electron chi connectivity index (χ4n) is 5.25. The van der Waals surface area contributed by atoms with Gasteiger partial charge in [0.2, 0.25) is 0 Å². The molecular weight excluding hydrogens is 492 g/mol. The highest BCUT2D eigenvalue weighted by Gasteiger charge is 2.40. The Morgan fingerprint density at radius 2 is 1.89 bits per heavy atom. The van der Waals surface area contributed by atoms with Crippen LogP contribution in [0.4, 0.5) is 5.82 Å². The molecule has 9 heteroatoms. The quantitative estimate of drug-likeness (QED) is 0.497. The molecule has 1 aliphatic heterocycles. The van der Waals surface area contributed by atoms with E-state index in [0.717, 1.165) is 38.2 Å². The summed E-state index contributed by atoms with van der Waals surface area (Å²) in [6, 6.07) is 10.7. The summed E-state index contributed by atoms with van der Waals surface area (Å²) >= 11 is 6.31. The topological polar surface area (TPSA) is 86.2 Å². The van der Waals surface area contributed by atoms with Gasteiger partial charge in [0.15, 0.2) is 6.10 Å². The lowest BCUT2D eigenvalue weighted by Gasteiger charge is -2.33. The van der Waals surface area contributed by atoms with Crippen molar-refractivity contribution in [3.05, 3.63) is 52.7 Å². The molecule has 1 saturated carbocycles. The van der Waals surface area contributed by atoms with Gasteiger partial charge in [-0.2, -0.15) is 0 Å². The van der Waals surface area contributed by atoms with Gasteiger partial charge in [0, 0.05) is 40.8 Å². The number of ether oxygens (including phenoxy) is 1. The molecule has 8 nitrogen and oxygen atoms in total. The second kappa shape index (κ2) is 11.7. The van der Waals surface area contributed by atoms with Gasteiger partial charge in [0.05, 0.1) is 12.7 Å². The van der Waals surface area contributed by atoms with E-state index in [4.69, 9.17) is 16.3 Å². The molecule has 2 fully saturated rings. The number of pyridine rings is 1. The van der Waals surface area contributed by atoms with E-state index in [1.54, 1.807) is 63.5 Å². The maximum Gasteiger partial charge on any atom is 0.256 e. The number of carbonyl (C=O) groups is 2. The summed E-state index contributed by atoms with van der Waals surface area (Å²) in [6.07, 6.45) is 3.29. The van der Waals surface area contributed by atoms with E-state index in [2.05, 4.69) is 9.88 Å². The van der Waals surface area contributed by atoms with Crippen LogP contribution in [-0.2, 0) is 4.79 Å². The molecule has 2 heterocycles. The Hall–Kier alpha value is -2.84. The first-order chi connectivity index (χ1) is 17.7. The van der Waals surface area contributed by atoms with Gasteiger partial charge in [-0.3, -0.25) is 9.59 Å². The van der Waals surface area contributed by atoms with Crippen LogP contribution >= 0.6 is 11.6 Å². The number of hydrogen-bond donors (Lipinski definition) is 1. The molecule has 0 bridgehead atoms. The third kappa shape index (κ3) is 6.54. The lowest BCUT2D eigenvalue weighted by Crippen LogP contribution is -2.35. The Morgan fingerprint density at radius 3 is 2.54 bits per heavy atom. The molecule has 2 aliphatic rings. The zero-order valence-corrected chi connectivity index (χ0v) is 22.8. The van der Waals surface area contributed by atoms with Crippen LogP contribution in [-0.4, -0.2) is 79.6 Å². The summed E-state index contributed by atoms with van der Waals surface area (Å²) in [5, 5.41) is 10.8. The van der Waals surface area contributed by atoms with Crippen LogP contribution in [0.1, 0.15) is 47.7 Å². The minimum absolute atomic E-state index is 0.149. The number of rotatable bonds is 9. The highest BCUT2D eigenvalue weighted by molar-refractivity contribution is 6.32. The standard InChI is InChI=1S/C28H37ClN4O4/c1-31(2)27(35)23-8-9-24(30-26(23)29)33-12-10-18(11-13-33)14-20-15-21(20)17-32(3)28(36)25(34)19-6-5-7-22(16-19)37-4/h5-9,16,18,20-21,25,34H,10-15,17H2,1-4H3/t20-,21-,25-/m0/s1. The predicted molar refractivity (Wildman–Crippen MR) is 144 cm³/mol. The van der Waals surface area contributed by atoms with Crippen LogP contribution in [0.2, 0.25) is 5.15 Å². The molecule has 1 aliphatic carbocycles. The first kappa shape index (κ1) is 27.2. The highest BCUT2D eigenvalue weighted by atomic mass is 35.5. The van der Waals surface area contributed by atoms with Crippen molar-refractivity contribution in [1.29, 1.82) is 0 Å². The molecule has 1 aromatic carbocycles. The Kier molecular flexibility index (Phi) is 8.60. The van der Waals surface area contributed by atoms with E-state index >= 15 is 0 Å². The first-order valence-electron chi connectivity index (χ1n) is 12.9. The minimum atomic E-state index is -1.18. The van der Waals surface area contributed by atoms with Crippen LogP contribution in [0.25, 0.3) is 0 Å². The van der Waals surface area contributed by atoms with Gasteiger partial charge in [-0.25, -0.2) is 4.98 Å². The number of carbonyl (C=O) groups excluding carboxylic acids is 2. The number of likely N-dealkylation sites (N-methyl/N-ethyl adjacent to an activating group) is 1. The van der Waals surface area contributed by atoms with Crippen molar-refractivity contribution in [3.63, 3.8) is 0 Å². The molecule has 2 aromatic rings. The second-order valence-electron chi connectivity index (χ2n) is 10.5. The number of anilines is 1. The summed E-state index contributed by atoms with van der Waals surface area (Å²) in [5.74, 6) is 2.78. The van der Waals surface area contributed by atoms with Crippen molar-refractivity contribution in [3.8, 4) is 5.75 Å². The predicted octanol–water partition coefficient (Wildman–Crippen LogP) is 3.88. The van der Waals surface area contributed by atoms with Crippen molar-refractivity contribution >= 4 is 29.2 Å². The fourth-order valence-corrected chi connectivity index (χ4v) is 5.48. The average Bonchev–Trinajstić information content (AvgIpc) is 3.64. The summed E-state index contributed by atoms with van der Waals surface area (Å²) < 4.78 is 5.20. The van der Waals surface area contributed by atoms with Gasteiger partial charge < -0.3 is 24.5 Å². The Labute approximate surface area is 224 Å². The molecule has 1 N–H and O–H groups in total. The van der Waals surface area contributed by atoms with Crippen LogP contribution in [0.3, 0.4) is 0 Å². The van der Waals surface area contributed by atoms with Gasteiger partial charge in [-0.1, -0.05) is 23.7 Å². The molecule has 4 rings (SSSR count). The van der Waals surface area contributed by atoms with E-state index in [9.17, 15) is 14.7 Å². The molecule has 1 aromatic heterocycles. The van der Waals surface area contributed by atoms with E-state index in [1.165, 1.54) is 11.3 Å². The maximum absolute atomic E-state index is 12.8. The van der Waals surface area contributed by atoms with Crippen LogP contribution in [0.15, 0.2) is 36.4 Å². The SMILES string of the molecule is COc1cccc([C@H](O)C(=O)N(C)C[C@@H]2C[C@@H]2CC2CCN(c3ccc(C(=O)N(C)C)c(Cl)n3)CC2)c1. The number of hydrogen-bond acceptors (Lipinski definition) is 6. The van der Waals surface area contributed by atoms with Gasteiger partial charge in [0.1, 0.15) is 16.7 Å². The molecule has 200 valence electrons. The molecule has 1 saturated heterocycles. The van der Waals surface area contributed by atoms with E-state index in [0.29, 0.717) is 41.2 Å². The van der Waals surface area contributed by atoms with Crippen molar-refractivity contribution in [2.24, 2.45) is 17.8 Å². The number of aliphatic hydroxyl groups excluding tert-OH is 1. The monoisotopic (exact) mass is 528 g/mol. The summed E-state index contributed by atoms with van der Waals surface area (Å²) in [7, 11) is 6.73. The van der Waals surface area contributed by atoms with Gasteiger partial charge in [0.25, 0.3) is 11.8 Å². The van der Waals surface area contributed by atoms with Crippen molar-refractivity contribution < 1.29 is 19.4 Å². The Bertz CT molecular complexity index is 1120. The number of benzene rings is 1. The smallest absolute Gasteiger partial charge is 0.256 e. The Morgan fingerprint density at radius 1 is 1.16 bits per heavy atom. The zero-order valence-electron chi connectivity index (χ0n) is 22.1. The molecule has 0 radical (unpaired) electrons. The Balaban J connectivity index is 1.22. The number of methoxy groups -OCH3 is 1. The lowest BCUT2D eigenvalue weighted by atomic mass is 9.91. The average molecular weight is 529 g/mol. The molecule has 0 spiro atoms. The first-order valence-corrected chi connectivity index (χ1v) is 13.3. The fraction of sp³-hybridized carbons (Fsp3) is 0.536. The largest absolute Gasteiger partial charge is 0.497 e. The van der Waals surface area contributed by atoms with E-state index < -0.39 is 6.10 Å². The number of piperidine rings is 1. The maximum atomic E-state index is 12.8. The molecule has 2 amide bonds. The van der Waals surface area contributed by atoms with Gasteiger partial charge in [-0.15, -0.1) is 0 Å². The van der Waals surface area contributed by atoms with Gasteiger partial charge in [-0.05, 0) is 73.3 Å². The number of amides is 2. The number of aliphatic hydroxyl groups is 1. The normalized spacial score (nSPS) is 20.3. The van der Waals surface area contributed by atoms with Gasteiger partial charge >= 0.3 is 0 Å². The summed E-state index contributed by atoms with van der Waals surface area (Å²) in [6.45, 7) is 2.50. The van der Waals surface area contributed by atoms with Crippen molar-refractivity contribution in [2.75, 3.05) is 52.8 Å². The molecular formula is C28H37ClN4O4. The van der Waals surface area contributed by atoms with Crippen LogP contribution in [0, 0.1) is 17.8 Å². The van der Waals surface area contributed by atoms with Crippen molar-refractivity contribution in [2.45, 2.75) is 31.8 Å². The van der Waals surface area contributed by atoms with Crippen molar-refractivity contribution in [1.82, 2.24) is 14.8 Å². The zero-order chi connectivity index (χ0) is 26.7. The molecule has 37 heavy (non-hydrogen) atoms. The molecule has 0 unspecified atom stereocenters. The minimum Gasteiger partial charge on any atom is -0.497 e. The third-order valence-electron chi connectivity index (χ3n) is 7.64. The number of halogens is 1. The molecule has 3 atom stereocenters. The summed E-state index contributed by atoms with van der Waals surface area (Å²) in [4.78, 5) is 34.9. The highest BCUT2D eigenvalue weighted by Crippen LogP contribution is 2.45. The third-order valence-corrected chi connectivity index (χ3v) is 7.93. The second-order valence-corrected chi connectivity index (χ2v) is 10.9. The summed E-state index contributed by atoms with van der Waals surface area (Å²) in [5.41, 5.74) is 0.967. The van der Waals surface area contributed by atoms with Crippen LogP contribution in [0.5, 0.6) is 5.75 Å². The lowest BCUT2D eigenvalue weighted by molar-refractivity contribution is -0.139. The van der Waals surface area contributed by atoms with E-state index in [1.807, 2.05) is 6.07 Å².